The van der Waals surface area contributed by atoms with Crippen LogP contribution in [0.1, 0.15) is 36.7 Å². The summed E-state index contributed by atoms with van der Waals surface area (Å²) in [7, 11) is -2.25. The molecule has 1 heterocycles. The van der Waals surface area contributed by atoms with Crippen LogP contribution in [0.25, 0.3) is 0 Å². The minimum Gasteiger partial charge on any atom is -0.466 e. The van der Waals surface area contributed by atoms with Gasteiger partial charge in [-0.2, -0.15) is 4.31 Å². The molecule has 134 valence electrons. The number of carbonyl (C=O) groups is 2. The van der Waals surface area contributed by atoms with Gasteiger partial charge in [-0.3, -0.25) is 9.59 Å². The Labute approximate surface area is 141 Å². The number of aryl methyl sites for hydroxylation is 1. The van der Waals surface area contributed by atoms with E-state index in [4.69, 9.17) is 10.5 Å². The van der Waals surface area contributed by atoms with Gasteiger partial charge in [0.1, 0.15) is 10.6 Å². The van der Waals surface area contributed by atoms with E-state index < -0.39 is 21.9 Å². The molecule has 0 bridgehead atoms. The third-order valence-corrected chi connectivity index (χ3v) is 5.73. The molecule has 24 heavy (non-hydrogen) atoms. The first-order valence-electron chi connectivity index (χ1n) is 7.87. The first kappa shape index (κ1) is 18.5. The highest BCUT2D eigenvalue weighted by atomic mass is 32.2. The molecule has 0 aliphatic heterocycles. The summed E-state index contributed by atoms with van der Waals surface area (Å²) in [6.07, 6.45) is 3.31. The van der Waals surface area contributed by atoms with Crippen LogP contribution < -0.4 is 5.73 Å². The largest absolute Gasteiger partial charge is 0.466 e. The standard InChI is InChI=1S/C15H23N3O5S/c1-3-23-14(19)6-7-18(9-11-4-5-11)24(21,22)12-8-13(15(16)20)17(2)10-12/h8,10-11H,3-7,9H2,1-2H3,(H2,16,20). The number of nitrogens with zero attached hydrogens (tertiary/aromatic N) is 2. The minimum atomic E-state index is -3.80. The lowest BCUT2D eigenvalue weighted by Crippen LogP contribution is -2.35. The van der Waals surface area contributed by atoms with E-state index in [0.29, 0.717) is 12.5 Å². The lowest BCUT2D eigenvalue weighted by molar-refractivity contribution is -0.143. The predicted molar refractivity (Wildman–Crippen MR) is 86.7 cm³/mol. The zero-order chi connectivity index (χ0) is 17.9. The summed E-state index contributed by atoms with van der Waals surface area (Å²) in [6.45, 7) is 2.38. The number of carbonyl (C=O) groups excluding carboxylic acids is 2. The van der Waals surface area contributed by atoms with Crippen molar-refractivity contribution in [3.8, 4) is 0 Å². The molecule has 1 aromatic heterocycles. The first-order chi connectivity index (χ1) is 11.3. The number of hydrogen-bond donors (Lipinski definition) is 1. The van der Waals surface area contributed by atoms with Crippen LogP contribution in [0, 0.1) is 5.92 Å². The fourth-order valence-corrected chi connectivity index (χ4v) is 4.01. The molecule has 9 heteroatoms. The average molecular weight is 357 g/mol. The zero-order valence-electron chi connectivity index (χ0n) is 13.9. The highest BCUT2D eigenvalue weighted by Gasteiger charge is 2.33. The van der Waals surface area contributed by atoms with Crippen LogP contribution in [0.3, 0.4) is 0 Å². The molecular formula is C15H23N3O5S. The first-order valence-corrected chi connectivity index (χ1v) is 9.31. The number of aromatic nitrogens is 1. The molecule has 1 aliphatic rings. The van der Waals surface area contributed by atoms with Gasteiger partial charge in [-0.1, -0.05) is 0 Å². The van der Waals surface area contributed by atoms with E-state index in [0.717, 1.165) is 12.8 Å². The molecule has 8 nitrogen and oxygen atoms in total. The smallest absolute Gasteiger partial charge is 0.307 e. The Kier molecular flexibility index (Phi) is 5.66. The number of ether oxygens (including phenoxy) is 1. The second-order valence-corrected chi connectivity index (χ2v) is 7.84. The maximum atomic E-state index is 12.9. The molecule has 1 fully saturated rings. The average Bonchev–Trinajstić information content (AvgIpc) is 3.22. The molecule has 0 spiro atoms. The normalized spacial score (nSPS) is 14.8. The Hall–Kier alpha value is -1.87. The van der Waals surface area contributed by atoms with Gasteiger partial charge in [-0.25, -0.2) is 8.42 Å². The van der Waals surface area contributed by atoms with Crippen molar-refractivity contribution in [2.75, 3.05) is 19.7 Å². The maximum absolute atomic E-state index is 12.9. The molecular weight excluding hydrogens is 334 g/mol. The molecule has 0 saturated heterocycles. The van der Waals surface area contributed by atoms with Gasteiger partial charge in [-0.15, -0.1) is 0 Å². The Morgan fingerprint density at radius 2 is 2.08 bits per heavy atom. The van der Waals surface area contributed by atoms with Gasteiger partial charge in [0.05, 0.1) is 13.0 Å². The maximum Gasteiger partial charge on any atom is 0.307 e. The number of rotatable bonds is 9. The van der Waals surface area contributed by atoms with Crippen LogP contribution in [0.5, 0.6) is 0 Å². The lowest BCUT2D eigenvalue weighted by Gasteiger charge is -2.21. The molecule has 1 saturated carbocycles. The van der Waals surface area contributed by atoms with Gasteiger partial charge in [0.2, 0.25) is 10.0 Å². The minimum absolute atomic E-state index is 0.00306. The molecule has 0 atom stereocenters. The summed E-state index contributed by atoms with van der Waals surface area (Å²) in [6, 6.07) is 1.27. The molecule has 0 radical (unpaired) electrons. The van der Waals surface area contributed by atoms with Gasteiger partial charge < -0.3 is 15.0 Å². The zero-order valence-corrected chi connectivity index (χ0v) is 14.7. The van der Waals surface area contributed by atoms with E-state index in [-0.39, 0.29) is 30.2 Å². The Bertz CT molecular complexity index is 721. The van der Waals surface area contributed by atoms with Crippen LogP contribution in [0.4, 0.5) is 0 Å². The second-order valence-electron chi connectivity index (χ2n) is 5.90. The number of sulfonamides is 1. The van der Waals surface area contributed by atoms with Crippen molar-refractivity contribution in [3.63, 3.8) is 0 Å². The molecule has 1 amide bonds. The van der Waals surface area contributed by atoms with Crippen LogP contribution in [0.15, 0.2) is 17.2 Å². The van der Waals surface area contributed by atoms with Gasteiger partial charge in [0, 0.05) is 26.3 Å². The highest BCUT2D eigenvalue weighted by Crippen LogP contribution is 2.32. The second kappa shape index (κ2) is 7.35. The van der Waals surface area contributed by atoms with Gasteiger partial charge in [0.15, 0.2) is 0 Å². The highest BCUT2D eigenvalue weighted by molar-refractivity contribution is 7.89. The molecule has 0 unspecified atom stereocenters. The third kappa shape index (κ3) is 4.35. The predicted octanol–water partition coefficient (Wildman–Crippen LogP) is 0.478. The van der Waals surface area contributed by atoms with Crippen molar-refractivity contribution in [1.29, 1.82) is 0 Å². The fraction of sp³-hybridized carbons (Fsp3) is 0.600. The van der Waals surface area contributed by atoms with E-state index in [9.17, 15) is 18.0 Å². The summed E-state index contributed by atoms with van der Waals surface area (Å²) in [5.41, 5.74) is 5.36. The third-order valence-electron chi connectivity index (χ3n) is 3.90. The topological polar surface area (TPSA) is 112 Å². The number of amides is 1. The molecule has 1 aliphatic carbocycles. The van der Waals surface area contributed by atoms with E-state index in [1.54, 1.807) is 14.0 Å². The summed E-state index contributed by atoms with van der Waals surface area (Å²) in [5.74, 6) is -0.806. The summed E-state index contributed by atoms with van der Waals surface area (Å²) in [5, 5.41) is 0. The van der Waals surface area contributed by atoms with E-state index in [2.05, 4.69) is 0 Å². The Morgan fingerprint density at radius 1 is 1.42 bits per heavy atom. The van der Waals surface area contributed by atoms with Crippen molar-refractivity contribution in [3.05, 3.63) is 18.0 Å². The Balaban J connectivity index is 2.21. The summed E-state index contributed by atoms with van der Waals surface area (Å²) < 4.78 is 33.3. The van der Waals surface area contributed by atoms with Crippen molar-refractivity contribution in [1.82, 2.24) is 8.87 Å². The van der Waals surface area contributed by atoms with Gasteiger partial charge >= 0.3 is 5.97 Å². The van der Waals surface area contributed by atoms with E-state index >= 15 is 0 Å². The van der Waals surface area contributed by atoms with Crippen molar-refractivity contribution < 1.29 is 22.7 Å². The molecule has 2 rings (SSSR count). The fourth-order valence-electron chi connectivity index (χ4n) is 2.42. The SMILES string of the molecule is CCOC(=O)CCN(CC1CC1)S(=O)(=O)c1cc(C(N)=O)n(C)c1. The number of nitrogens with two attached hydrogens (primary N) is 1. The van der Waals surface area contributed by atoms with Crippen molar-refractivity contribution in [2.45, 2.75) is 31.1 Å². The summed E-state index contributed by atoms with van der Waals surface area (Å²) >= 11 is 0. The van der Waals surface area contributed by atoms with Gasteiger partial charge in [-0.05, 0) is 31.7 Å². The summed E-state index contributed by atoms with van der Waals surface area (Å²) in [4.78, 5) is 22.9. The van der Waals surface area contributed by atoms with E-state index in [1.165, 1.54) is 21.1 Å². The van der Waals surface area contributed by atoms with E-state index in [1.807, 2.05) is 0 Å². The Morgan fingerprint density at radius 3 is 2.58 bits per heavy atom. The van der Waals surface area contributed by atoms with Crippen molar-refractivity contribution >= 4 is 21.9 Å². The van der Waals surface area contributed by atoms with Gasteiger partial charge in [0.25, 0.3) is 5.91 Å². The van der Waals surface area contributed by atoms with Crippen LogP contribution in [-0.2, 0) is 26.6 Å². The molecule has 0 aromatic carbocycles. The van der Waals surface area contributed by atoms with Crippen LogP contribution in [0.2, 0.25) is 0 Å². The number of hydrogen-bond acceptors (Lipinski definition) is 5. The van der Waals surface area contributed by atoms with Crippen LogP contribution in [-0.4, -0.2) is 48.9 Å². The number of primary amides is 1. The number of esters is 1. The van der Waals surface area contributed by atoms with Crippen molar-refractivity contribution in [2.24, 2.45) is 18.7 Å². The quantitative estimate of drug-likeness (QED) is 0.646. The van der Waals surface area contributed by atoms with Crippen LogP contribution >= 0.6 is 0 Å². The monoisotopic (exact) mass is 357 g/mol. The molecule has 1 aromatic rings. The lowest BCUT2D eigenvalue weighted by atomic mass is 10.4. The molecule has 2 N–H and O–H groups in total.